The van der Waals surface area contributed by atoms with E-state index in [9.17, 15) is 14.4 Å². The lowest BCUT2D eigenvalue weighted by atomic mass is 10.2. The van der Waals surface area contributed by atoms with E-state index >= 15 is 0 Å². The molecule has 0 unspecified atom stereocenters. The molecule has 0 aliphatic carbocycles. The van der Waals surface area contributed by atoms with Gasteiger partial charge in [0.1, 0.15) is 18.1 Å². The molecule has 2 aromatic rings. The van der Waals surface area contributed by atoms with Crippen LogP contribution in [-0.4, -0.2) is 28.5 Å². The Morgan fingerprint density at radius 1 is 1.25 bits per heavy atom. The Bertz CT molecular complexity index is 874. The van der Waals surface area contributed by atoms with Crippen molar-refractivity contribution in [2.75, 3.05) is 6.54 Å². The van der Waals surface area contributed by atoms with E-state index in [-0.39, 0.29) is 4.91 Å². The average molecular weight is 363 g/mol. The molecule has 24 heavy (non-hydrogen) atoms. The van der Waals surface area contributed by atoms with Crippen LogP contribution in [0.5, 0.6) is 0 Å². The zero-order valence-corrected chi connectivity index (χ0v) is 13.8. The number of amides is 3. The second-order valence-corrected chi connectivity index (χ2v) is 6.32. The van der Waals surface area contributed by atoms with Crippen LogP contribution in [0.15, 0.2) is 45.7 Å². The van der Waals surface area contributed by atoms with Crippen molar-refractivity contribution in [3.05, 3.63) is 52.1 Å². The average Bonchev–Trinajstić information content (AvgIpc) is 3.08. The van der Waals surface area contributed by atoms with Gasteiger partial charge in [0.2, 0.25) is 5.91 Å². The summed E-state index contributed by atoms with van der Waals surface area (Å²) in [7, 11) is 0. The third kappa shape index (κ3) is 3.22. The summed E-state index contributed by atoms with van der Waals surface area (Å²) in [5.74, 6) is -0.380. The minimum atomic E-state index is -0.752. The van der Waals surface area contributed by atoms with Gasteiger partial charge in [-0.1, -0.05) is 23.7 Å². The molecule has 8 heteroatoms. The first-order valence-corrected chi connectivity index (χ1v) is 8.03. The van der Waals surface area contributed by atoms with Crippen molar-refractivity contribution in [3.8, 4) is 11.3 Å². The van der Waals surface area contributed by atoms with Crippen LogP contribution in [0.1, 0.15) is 5.76 Å². The van der Waals surface area contributed by atoms with Crippen LogP contribution in [0.4, 0.5) is 4.79 Å². The standard InChI is InChI=1S/C16H11ClN2O4S/c17-11-4-2-1-3-10(11)12-6-5-9(23-12)7-13-15(21)19(8-14(18)20)16(22)24-13/h1-7H,8H2,(H2,18,20)/b13-7-. The van der Waals surface area contributed by atoms with Gasteiger partial charge < -0.3 is 10.2 Å². The number of hydrogen-bond donors (Lipinski definition) is 1. The van der Waals surface area contributed by atoms with E-state index < -0.39 is 23.6 Å². The Morgan fingerprint density at radius 3 is 2.71 bits per heavy atom. The Hall–Kier alpha value is -2.51. The van der Waals surface area contributed by atoms with E-state index in [0.717, 1.165) is 22.2 Å². The fourth-order valence-corrected chi connectivity index (χ4v) is 3.20. The van der Waals surface area contributed by atoms with E-state index in [1.54, 1.807) is 18.2 Å². The van der Waals surface area contributed by atoms with E-state index in [0.29, 0.717) is 16.5 Å². The fraction of sp³-hybridized carbons (Fsp3) is 0.0625. The summed E-state index contributed by atoms with van der Waals surface area (Å²) in [6, 6.07) is 10.6. The van der Waals surface area contributed by atoms with Gasteiger partial charge in [-0.3, -0.25) is 19.3 Å². The van der Waals surface area contributed by atoms with Gasteiger partial charge in [0.15, 0.2) is 0 Å². The minimum Gasteiger partial charge on any atom is -0.457 e. The van der Waals surface area contributed by atoms with E-state index in [2.05, 4.69) is 0 Å². The van der Waals surface area contributed by atoms with Gasteiger partial charge >= 0.3 is 0 Å². The highest BCUT2D eigenvalue weighted by atomic mass is 35.5. The maximum absolute atomic E-state index is 12.1. The Kier molecular flexibility index (Phi) is 4.46. The number of carbonyl (C=O) groups is 3. The molecule has 0 saturated carbocycles. The zero-order chi connectivity index (χ0) is 17.3. The highest BCUT2D eigenvalue weighted by Crippen LogP contribution is 2.34. The van der Waals surface area contributed by atoms with Crippen LogP contribution in [0, 0.1) is 0 Å². The van der Waals surface area contributed by atoms with Crippen molar-refractivity contribution in [2.24, 2.45) is 5.73 Å². The van der Waals surface area contributed by atoms with Crippen molar-refractivity contribution >= 4 is 46.5 Å². The topological polar surface area (TPSA) is 93.6 Å². The predicted molar refractivity (Wildman–Crippen MR) is 91.0 cm³/mol. The number of furan rings is 1. The first-order chi connectivity index (χ1) is 11.5. The Labute approximate surface area is 146 Å². The molecule has 1 aromatic heterocycles. The second-order valence-electron chi connectivity index (χ2n) is 4.92. The van der Waals surface area contributed by atoms with Crippen LogP contribution < -0.4 is 5.73 Å². The van der Waals surface area contributed by atoms with Gasteiger partial charge in [0.05, 0.1) is 9.93 Å². The highest BCUT2D eigenvalue weighted by molar-refractivity contribution is 8.18. The summed E-state index contributed by atoms with van der Waals surface area (Å²) in [6.07, 6.45) is 1.45. The lowest BCUT2D eigenvalue weighted by Crippen LogP contribution is -2.36. The van der Waals surface area contributed by atoms with Crippen molar-refractivity contribution in [3.63, 3.8) is 0 Å². The van der Waals surface area contributed by atoms with Gasteiger partial charge in [-0.05, 0) is 36.0 Å². The van der Waals surface area contributed by atoms with Gasteiger partial charge in [-0.2, -0.15) is 0 Å². The summed E-state index contributed by atoms with van der Waals surface area (Å²) in [4.78, 5) is 35.8. The molecule has 0 radical (unpaired) electrons. The molecule has 2 N–H and O–H groups in total. The molecule has 0 bridgehead atoms. The number of hydrogen-bond acceptors (Lipinski definition) is 5. The molecule has 1 aromatic carbocycles. The molecule has 0 spiro atoms. The number of thioether (sulfide) groups is 1. The van der Waals surface area contributed by atoms with Crippen LogP contribution in [0.2, 0.25) is 5.02 Å². The van der Waals surface area contributed by atoms with Crippen molar-refractivity contribution in [2.45, 2.75) is 0 Å². The molecule has 0 atom stereocenters. The largest absolute Gasteiger partial charge is 0.457 e. The second kappa shape index (κ2) is 6.54. The monoisotopic (exact) mass is 362 g/mol. The molecular formula is C16H11ClN2O4S. The first kappa shape index (κ1) is 16.4. The summed E-state index contributed by atoms with van der Waals surface area (Å²) in [5.41, 5.74) is 5.75. The maximum atomic E-state index is 12.1. The van der Waals surface area contributed by atoms with Crippen LogP contribution in [0.3, 0.4) is 0 Å². The highest BCUT2D eigenvalue weighted by Gasteiger charge is 2.36. The number of nitrogens with two attached hydrogens (primary N) is 1. The number of rotatable bonds is 4. The molecular weight excluding hydrogens is 352 g/mol. The fourth-order valence-electron chi connectivity index (χ4n) is 2.16. The number of primary amides is 1. The maximum Gasteiger partial charge on any atom is 0.294 e. The van der Waals surface area contributed by atoms with Crippen molar-refractivity contribution < 1.29 is 18.8 Å². The number of imide groups is 1. The zero-order valence-electron chi connectivity index (χ0n) is 12.2. The van der Waals surface area contributed by atoms with Crippen molar-refractivity contribution in [1.82, 2.24) is 4.90 Å². The SMILES string of the molecule is NC(=O)CN1C(=O)S/C(=C\c2ccc(-c3ccccc3Cl)o2)C1=O. The van der Waals surface area contributed by atoms with Crippen LogP contribution >= 0.6 is 23.4 Å². The molecule has 1 saturated heterocycles. The third-order valence-electron chi connectivity index (χ3n) is 3.23. The number of benzene rings is 1. The molecule has 6 nitrogen and oxygen atoms in total. The van der Waals surface area contributed by atoms with Crippen LogP contribution in [0.25, 0.3) is 17.4 Å². The minimum absolute atomic E-state index is 0.168. The van der Waals surface area contributed by atoms with Gasteiger partial charge in [-0.25, -0.2) is 0 Å². The predicted octanol–water partition coefficient (Wildman–Crippen LogP) is 3.12. The Morgan fingerprint density at radius 2 is 2.00 bits per heavy atom. The van der Waals surface area contributed by atoms with E-state index in [4.69, 9.17) is 21.8 Å². The van der Waals surface area contributed by atoms with Gasteiger partial charge in [0, 0.05) is 11.6 Å². The first-order valence-electron chi connectivity index (χ1n) is 6.84. The molecule has 1 aliphatic heterocycles. The summed E-state index contributed by atoms with van der Waals surface area (Å²) in [5, 5.41) is 0.00288. The molecule has 1 aliphatic rings. The quantitative estimate of drug-likeness (QED) is 0.843. The van der Waals surface area contributed by atoms with Gasteiger partial charge in [-0.15, -0.1) is 0 Å². The number of carbonyl (C=O) groups excluding carboxylic acids is 3. The summed E-state index contributed by atoms with van der Waals surface area (Å²) < 4.78 is 5.66. The summed E-state index contributed by atoms with van der Waals surface area (Å²) in [6.45, 7) is -0.439. The lowest BCUT2D eigenvalue weighted by Gasteiger charge is -2.08. The van der Waals surface area contributed by atoms with Crippen molar-refractivity contribution in [1.29, 1.82) is 0 Å². The third-order valence-corrected chi connectivity index (χ3v) is 4.46. The summed E-state index contributed by atoms with van der Waals surface area (Å²) >= 11 is 6.85. The molecule has 122 valence electrons. The van der Waals surface area contributed by atoms with Crippen LogP contribution in [-0.2, 0) is 9.59 Å². The lowest BCUT2D eigenvalue weighted by molar-refractivity contribution is -0.127. The number of halogens is 1. The normalized spacial score (nSPS) is 16.2. The molecule has 2 heterocycles. The van der Waals surface area contributed by atoms with E-state index in [1.165, 1.54) is 6.08 Å². The van der Waals surface area contributed by atoms with Gasteiger partial charge in [0.25, 0.3) is 11.1 Å². The smallest absolute Gasteiger partial charge is 0.294 e. The molecule has 3 rings (SSSR count). The Balaban J connectivity index is 1.85. The molecule has 1 fully saturated rings. The van der Waals surface area contributed by atoms with E-state index in [1.807, 2.05) is 18.2 Å². The number of nitrogens with zero attached hydrogens (tertiary/aromatic N) is 1. The molecule has 3 amide bonds.